The van der Waals surface area contributed by atoms with Gasteiger partial charge in [0.1, 0.15) is 17.2 Å². The van der Waals surface area contributed by atoms with Crippen LogP contribution in [0.1, 0.15) is 94.1 Å². The lowest BCUT2D eigenvalue weighted by atomic mass is 9.98. The fourth-order valence-electron chi connectivity index (χ4n) is 4.02. The maximum absolute atomic E-state index is 13.7. The third-order valence-corrected chi connectivity index (χ3v) is 6.23. The quantitative estimate of drug-likeness (QED) is 0.256. The summed E-state index contributed by atoms with van der Waals surface area (Å²) < 4.78 is 17.8. The Bertz CT molecular complexity index is 987. The summed E-state index contributed by atoms with van der Waals surface area (Å²) in [7, 11) is 3.71. The Labute approximate surface area is 218 Å². The molecular formula is C30H46N2O4. The molecule has 0 aliphatic rings. The Morgan fingerprint density at radius 2 is 1.56 bits per heavy atom. The largest absolute Gasteiger partial charge is 0.495 e. The van der Waals surface area contributed by atoms with Gasteiger partial charge in [0, 0.05) is 25.3 Å². The minimum Gasteiger partial charge on any atom is -0.495 e. The molecule has 0 radical (unpaired) electrons. The Balaban J connectivity index is 2.48. The number of carbonyl (C=O) groups is 1. The number of hydrogen-bond acceptors (Lipinski definition) is 5. The number of nitrogens with one attached hydrogen (secondary N) is 1. The summed E-state index contributed by atoms with van der Waals surface area (Å²) in [5.74, 6) is 2.16. The van der Waals surface area contributed by atoms with Crippen molar-refractivity contribution in [1.82, 2.24) is 0 Å². The fourth-order valence-corrected chi connectivity index (χ4v) is 4.02. The van der Waals surface area contributed by atoms with E-state index in [1.165, 1.54) is 0 Å². The zero-order valence-electron chi connectivity index (χ0n) is 23.6. The van der Waals surface area contributed by atoms with Crippen LogP contribution in [0.2, 0.25) is 0 Å². The van der Waals surface area contributed by atoms with E-state index in [0.29, 0.717) is 24.5 Å². The van der Waals surface area contributed by atoms with Gasteiger partial charge in [0.2, 0.25) is 0 Å². The molecule has 0 saturated heterocycles. The highest BCUT2D eigenvalue weighted by atomic mass is 16.5. The number of ether oxygens (including phenoxy) is 3. The highest BCUT2D eigenvalue weighted by Crippen LogP contribution is 2.37. The van der Waals surface area contributed by atoms with Crippen molar-refractivity contribution in [1.29, 1.82) is 0 Å². The van der Waals surface area contributed by atoms with Crippen molar-refractivity contribution in [2.45, 2.75) is 79.6 Å². The van der Waals surface area contributed by atoms with E-state index >= 15 is 0 Å². The molecule has 0 atom stereocenters. The van der Waals surface area contributed by atoms with Crippen LogP contribution in [0, 0.1) is 6.92 Å². The third-order valence-electron chi connectivity index (χ3n) is 6.23. The van der Waals surface area contributed by atoms with Gasteiger partial charge in [0.05, 0.1) is 31.6 Å². The molecule has 36 heavy (non-hydrogen) atoms. The summed E-state index contributed by atoms with van der Waals surface area (Å²) in [6.07, 6.45) is 5.00. The maximum Gasteiger partial charge on any atom is 0.259 e. The highest BCUT2D eigenvalue weighted by molar-refractivity contribution is 6.07. The Morgan fingerprint density at radius 3 is 2.11 bits per heavy atom. The lowest BCUT2D eigenvalue weighted by Crippen LogP contribution is -2.20. The lowest BCUT2D eigenvalue weighted by Gasteiger charge is -2.23. The number of nitrogens with zero attached hydrogens (tertiary/aromatic N) is 1. The van der Waals surface area contributed by atoms with Crippen molar-refractivity contribution in [3.8, 4) is 17.2 Å². The van der Waals surface area contributed by atoms with Crippen LogP contribution in [-0.4, -0.2) is 39.8 Å². The van der Waals surface area contributed by atoms with Crippen LogP contribution < -0.4 is 24.4 Å². The predicted molar refractivity (Wildman–Crippen MR) is 151 cm³/mol. The zero-order chi connectivity index (χ0) is 26.7. The molecule has 6 heteroatoms. The number of aryl methyl sites for hydroxylation is 1. The van der Waals surface area contributed by atoms with Gasteiger partial charge in [-0.15, -0.1) is 0 Å². The van der Waals surface area contributed by atoms with E-state index < -0.39 is 0 Å². The molecule has 0 aromatic heterocycles. The third kappa shape index (κ3) is 7.81. The van der Waals surface area contributed by atoms with Crippen LogP contribution in [0.5, 0.6) is 17.2 Å². The molecule has 0 bridgehead atoms. The molecule has 200 valence electrons. The van der Waals surface area contributed by atoms with Gasteiger partial charge in [-0.1, -0.05) is 47.5 Å². The van der Waals surface area contributed by atoms with Crippen LogP contribution >= 0.6 is 0 Å². The molecule has 0 saturated carbocycles. The van der Waals surface area contributed by atoms with Crippen molar-refractivity contribution in [3.05, 3.63) is 41.0 Å². The first kappa shape index (κ1) is 29.3. The number of anilines is 2. The van der Waals surface area contributed by atoms with Gasteiger partial charge in [0.25, 0.3) is 5.91 Å². The molecular weight excluding hydrogens is 452 g/mol. The normalized spacial score (nSPS) is 10.9. The average Bonchev–Trinajstić information content (AvgIpc) is 2.85. The smallest absolute Gasteiger partial charge is 0.259 e. The summed E-state index contributed by atoms with van der Waals surface area (Å²) in [6.45, 7) is 14.7. The summed E-state index contributed by atoms with van der Waals surface area (Å²) in [4.78, 5) is 15.8. The van der Waals surface area contributed by atoms with Gasteiger partial charge in [-0.05, 0) is 61.4 Å². The first-order chi connectivity index (χ1) is 17.3. The molecule has 1 N–H and O–H groups in total. The minimum absolute atomic E-state index is 0.194. The second kappa shape index (κ2) is 14.6. The molecule has 6 nitrogen and oxygen atoms in total. The van der Waals surface area contributed by atoms with Gasteiger partial charge < -0.3 is 24.4 Å². The molecule has 0 heterocycles. The second-order valence-electron chi connectivity index (χ2n) is 9.66. The summed E-state index contributed by atoms with van der Waals surface area (Å²) in [5, 5.41) is 3.14. The van der Waals surface area contributed by atoms with Crippen LogP contribution in [0.25, 0.3) is 0 Å². The van der Waals surface area contributed by atoms with Gasteiger partial charge >= 0.3 is 0 Å². The van der Waals surface area contributed by atoms with E-state index in [1.807, 2.05) is 38.2 Å². The fraction of sp³-hybridized carbons (Fsp3) is 0.567. The molecule has 1 amide bonds. The maximum atomic E-state index is 13.7. The molecule has 0 spiro atoms. The van der Waals surface area contributed by atoms with E-state index in [2.05, 4.69) is 44.8 Å². The van der Waals surface area contributed by atoms with Crippen LogP contribution in [0.4, 0.5) is 11.4 Å². The molecule has 0 fully saturated rings. The first-order valence-corrected chi connectivity index (χ1v) is 13.4. The summed E-state index contributed by atoms with van der Waals surface area (Å²) in [6, 6.07) is 7.80. The van der Waals surface area contributed by atoms with Gasteiger partial charge in [-0.25, -0.2) is 0 Å². The SMILES string of the molecule is CCCCOc1cc(OCCCC)c(C(C)C)cc1C(=O)Nc1cc(N(C)CCC)c(OC)cc1C. The molecule has 2 aromatic carbocycles. The molecule has 2 aromatic rings. The highest BCUT2D eigenvalue weighted by Gasteiger charge is 2.21. The Kier molecular flexibility index (Phi) is 11.9. The number of amides is 1. The van der Waals surface area contributed by atoms with Crippen LogP contribution in [0.15, 0.2) is 24.3 Å². The molecule has 0 aliphatic carbocycles. The minimum atomic E-state index is -0.194. The number of unbranched alkanes of at least 4 members (excludes halogenated alkanes) is 2. The standard InChI is InChI=1S/C30H46N2O4/c1-9-12-15-35-27-20-28(36-16-13-10-2)24(18-23(27)21(4)5)30(33)31-25-19-26(32(7)14-11-3)29(34-8)17-22(25)6/h17-21H,9-16H2,1-8H3,(H,31,33). The number of rotatable bonds is 15. The Hall–Kier alpha value is -2.89. The van der Waals surface area contributed by atoms with Crippen LogP contribution in [0.3, 0.4) is 0 Å². The predicted octanol–water partition coefficient (Wildman–Crippen LogP) is 7.58. The molecule has 2 rings (SSSR count). The topological polar surface area (TPSA) is 60.0 Å². The van der Waals surface area contributed by atoms with Gasteiger partial charge in [-0.3, -0.25) is 4.79 Å². The van der Waals surface area contributed by atoms with Gasteiger partial charge in [0.15, 0.2) is 0 Å². The number of carbonyl (C=O) groups excluding carboxylic acids is 1. The monoisotopic (exact) mass is 498 g/mol. The summed E-state index contributed by atoms with van der Waals surface area (Å²) >= 11 is 0. The van der Waals surface area contributed by atoms with E-state index in [9.17, 15) is 4.79 Å². The number of hydrogen-bond donors (Lipinski definition) is 1. The number of benzene rings is 2. The van der Waals surface area contributed by atoms with E-state index in [4.69, 9.17) is 14.2 Å². The van der Waals surface area contributed by atoms with E-state index in [0.717, 1.165) is 72.6 Å². The van der Waals surface area contributed by atoms with Gasteiger partial charge in [-0.2, -0.15) is 0 Å². The van der Waals surface area contributed by atoms with Crippen LogP contribution in [-0.2, 0) is 0 Å². The number of methoxy groups -OCH3 is 1. The van der Waals surface area contributed by atoms with Crippen molar-refractivity contribution in [3.63, 3.8) is 0 Å². The van der Waals surface area contributed by atoms with E-state index in [1.54, 1.807) is 7.11 Å². The van der Waals surface area contributed by atoms with Crippen molar-refractivity contribution < 1.29 is 19.0 Å². The van der Waals surface area contributed by atoms with Crippen molar-refractivity contribution >= 4 is 17.3 Å². The lowest BCUT2D eigenvalue weighted by molar-refractivity contribution is 0.102. The van der Waals surface area contributed by atoms with E-state index in [-0.39, 0.29) is 11.8 Å². The first-order valence-electron chi connectivity index (χ1n) is 13.4. The van der Waals surface area contributed by atoms with Crippen molar-refractivity contribution in [2.75, 3.05) is 44.1 Å². The zero-order valence-corrected chi connectivity index (χ0v) is 23.6. The second-order valence-corrected chi connectivity index (χ2v) is 9.66. The Morgan fingerprint density at radius 1 is 0.917 bits per heavy atom. The molecule has 0 unspecified atom stereocenters. The van der Waals surface area contributed by atoms with Crippen molar-refractivity contribution in [2.24, 2.45) is 0 Å². The summed E-state index contributed by atoms with van der Waals surface area (Å²) in [5.41, 5.74) is 4.17. The molecule has 0 aliphatic heterocycles. The average molecular weight is 499 g/mol.